The van der Waals surface area contributed by atoms with Crippen LogP contribution in [0.1, 0.15) is 13.8 Å². The summed E-state index contributed by atoms with van der Waals surface area (Å²) in [6.07, 6.45) is 5.55. The van der Waals surface area contributed by atoms with Crippen LogP contribution in [0.25, 0.3) is 0 Å². The van der Waals surface area contributed by atoms with Crippen LogP contribution in [0, 0.1) is 12.3 Å². The third-order valence-electron chi connectivity index (χ3n) is 0.937. The van der Waals surface area contributed by atoms with Crippen LogP contribution in [0.4, 0.5) is 0 Å². The van der Waals surface area contributed by atoms with Crippen LogP contribution in [0.15, 0.2) is 0 Å². The Kier molecular flexibility index (Phi) is 5.81. The van der Waals surface area contributed by atoms with Crippen molar-refractivity contribution < 1.29 is 9.05 Å². The maximum atomic E-state index is 5.27. The van der Waals surface area contributed by atoms with Gasteiger partial charge in [-0.05, 0) is 25.7 Å². The minimum atomic E-state index is -2.12. The minimum Gasteiger partial charge on any atom is -0.329 e. The molecule has 2 nitrogen and oxygen atoms in total. The van der Waals surface area contributed by atoms with Gasteiger partial charge in [0, 0.05) is 0 Å². The molecule has 0 rings (SSSR count). The van der Waals surface area contributed by atoms with Crippen LogP contribution in [-0.2, 0) is 20.9 Å². The number of terminal acetylenes is 1. The largest absolute Gasteiger partial charge is 0.329 e. The quantitative estimate of drug-likeness (QED) is 0.490. The highest BCUT2D eigenvalue weighted by molar-refractivity contribution is 8.10. The van der Waals surface area contributed by atoms with Crippen LogP contribution in [0.2, 0.25) is 0 Å². The van der Waals surface area contributed by atoms with Gasteiger partial charge in [-0.25, -0.2) is 0 Å². The molecule has 0 aliphatic carbocycles. The summed E-state index contributed by atoms with van der Waals surface area (Å²) in [5, 5.41) is 0. The van der Waals surface area contributed by atoms with E-state index >= 15 is 0 Å². The van der Waals surface area contributed by atoms with Crippen molar-refractivity contribution in [3.05, 3.63) is 0 Å². The molecule has 4 heteroatoms. The molecule has 64 valence electrons. The van der Waals surface area contributed by atoms with E-state index in [9.17, 15) is 0 Å². The predicted molar refractivity (Wildman–Crippen MR) is 51.2 cm³/mol. The highest BCUT2D eigenvalue weighted by atomic mass is 32.5. The minimum absolute atomic E-state index is 0.421. The molecule has 0 radical (unpaired) electrons. The molecule has 0 unspecified atom stereocenters. The maximum Gasteiger partial charge on any atom is 0.200 e. The number of hydrogen-bond donors (Lipinski definition) is 0. The number of hydrogen-bond acceptors (Lipinski definition) is 3. The van der Waals surface area contributed by atoms with Crippen LogP contribution < -0.4 is 0 Å². The van der Waals surface area contributed by atoms with Gasteiger partial charge in [0.15, 0.2) is 0 Å². The van der Waals surface area contributed by atoms with E-state index in [-0.39, 0.29) is 0 Å². The first-order valence-corrected chi connectivity index (χ1v) is 6.32. The van der Waals surface area contributed by atoms with Crippen molar-refractivity contribution in [3.63, 3.8) is 0 Å². The van der Waals surface area contributed by atoms with Gasteiger partial charge in [0.1, 0.15) is 0 Å². The molecule has 0 atom stereocenters. The van der Waals surface area contributed by atoms with E-state index in [0.29, 0.717) is 19.4 Å². The molecular weight excluding hydrogens is 179 g/mol. The predicted octanol–water partition coefficient (Wildman–Crippen LogP) is 2.00. The summed E-state index contributed by atoms with van der Waals surface area (Å²) in [5.74, 6) is 2.47. The molecule has 0 bridgehead atoms. The molecule has 0 saturated carbocycles. The van der Waals surface area contributed by atoms with Gasteiger partial charge in [-0.1, -0.05) is 5.92 Å². The summed E-state index contributed by atoms with van der Waals surface area (Å²) in [7, 11) is 0. The molecule has 0 saturated heterocycles. The maximum absolute atomic E-state index is 5.27. The summed E-state index contributed by atoms with van der Waals surface area (Å²) >= 11 is 5.12. The molecular formula is C7H13O2PS. The standard InChI is InChI=1S/C7H13O2PS/c1-4-7-10(11,8-5-2)9-6-3/h1H,5-7H2,2-3H3. The third-order valence-corrected chi connectivity index (χ3v) is 3.83. The smallest absolute Gasteiger partial charge is 0.200 e. The Morgan fingerprint density at radius 2 is 1.82 bits per heavy atom. The van der Waals surface area contributed by atoms with Gasteiger partial charge in [-0.2, -0.15) is 0 Å². The molecule has 0 fully saturated rings. The average molecular weight is 192 g/mol. The van der Waals surface area contributed by atoms with E-state index in [0.717, 1.165) is 0 Å². The van der Waals surface area contributed by atoms with Gasteiger partial charge < -0.3 is 9.05 Å². The van der Waals surface area contributed by atoms with Crippen molar-refractivity contribution in [2.75, 3.05) is 19.4 Å². The van der Waals surface area contributed by atoms with Crippen molar-refractivity contribution in [2.45, 2.75) is 13.8 Å². The van der Waals surface area contributed by atoms with Crippen molar-refractivity contribution in [3.8, 4) is 12.3 Å². The lowest BCUT2D eigenvalue weighted by molar-refractivity contribution is 0.269. The summed E-state index contributed by atoms with van der Waals surface area (Å²) < 4.78 is 10.5. The van der Waals surface area contributed by atoms with Gasteiger partial charge in [-0.15, -0.1) is 6.42 Å². The Morgan fingerprint density at radius 3 is 2.09 bits per heavy atom. The zero-order valence-electron chi connectivity index (χ0n) is 6.87. The van der Waals surface area contributed by atoms with E-state index in [1.165, 1.54) is 0 Å². The van der Waals surface area contributed by atoms with Crippen LogP contribution in [-0.4, -0.2) is 19.4 Å². The highest BCUT2D eigenvalue weighted by Crippen LogP contribution is 2.47. The van der Waals surface area contributed by atoms with Crippen LogP contribution >= 0.6 is 6.49 Å². The Balaban J connectivity index is 4.04. The first-order valence-electron chi connectivity index (χ1n) is 3.50. The molecule has 0 aromatic carbocycles. The molecule has 11 heavy (non-hydrogen) atoms. The molecule has 0 aliphatic heterocycles. The third kappa shape index (κ3) is 4.55. The molecule has 0 N–H and O–H groups in total. The van der Waals surface area contributed by atoms with E-state index < -0.39 is 6.49 Å². The summed E-state index contributed by atoms with van der Waals surface area (Å²) in [5.41, 5.74) is 0. The Labute approximate surface area is 73.4 Å². The first kappa shape index (κ1) is 11.1. The fourth-order valence-corrected chi connectivity index (χ4v) is 2.76. The van der Waals surface area contributed by atoms with Crippen LogP contribution in [0.5, 0.6) is 0 Å². The van der Waals surface area contributed by atoms with E-state index in [1.807, 2.05) is 13.8 Å². The molecule has 0 aromatic rings. The lowest BCUT2D eigenvalue weighted by Crippen LogP contribution is -1.97. The van der Waals surface area contributed by atoms with Crippen molar-refractivity contribution in [1.82, 2.24) is 0 Å². The second-order valence-electron chi connectivity index (χ2n) is 1.81. The van der Waals surface area contributed by atoms with Crippen LogP contribution in [0.3, 0.4) is 0 Å². The number of rotatable bonds is 5. The summed E-state index contributed by atoms with van der Waals surface area (Å²) in [4.78, 5) is 0. The second kappa shape index (κ2) is 5.74. The fraction of sp³-hybridized carbons (Fsp3) is 0.714. The van der Waals surface area contributed by atoms with Crippen molar-refractivity contribution in [1.29, 1.82) is 0 Å². The summed E-state index contributed by atoms with van der Waals surface area (Å²) in [6, 6.07) is 0. The highest BCUT2D eigenvalue weighted by Gasteiger charge is 2.15. The topological polar surface area (TPSA) is 18.5 Å². The Hall–Kier alpha value is 0.130. The Bertz CT molecular complexity index is 175. The first-order chi connectivity index (χ1) is 5.18. The lowest BCUT2D eigenvalue weighted by atomic mass is 10.8. The normalized spacial score (nSPS) is 11.0. The van der Waals surface area contributed by atoms with Gasteiger partial charge in [0.25, 0.3) is 0 Å². The lowest BCUT2D eigenvalue weighted by Gasteiger charge is -2.17. The zero-order chi connectivity index (χ0) is 8.74. The van der Waals surface area contributed by atoms with E-state index in [2.05, 4.69) is 5.92 Å². The SMILES string of the molecule is C#CCP(=S)(OCC)OCC. The monoisotopic (exact) mass is 192 g/mol. The zero-order valence-corrected chi connectivity index (χ0v) is 8.58. The Morgan fingerprint density at radius 1 is 1.36 bits per heavy atom. The van der Waals surface area contributed by atoms with E-state index in [1.54, 1.807) is 0 Å². The molecule has 0 aliphatic rings. The second-order valence-corrected chi connectivity index (χ2v) is 5.53. The molecule has 0 heterocycles. The fourth-order valence-electron chi connectivity index (χ4n) is 0.634. The van der Waals surface area contributed by atoms with Crippen molar-refractivity contribution in [2.24, 2.45) is 0 Å². The molecule has 0 aromatic heterocycles. The van der Waals surface area contributed by atoms with Crippen molar-refractivity contribution >= 4 is 18.3 Å². The molecule has 0 spiro atoms. The van der Waals surface area contributed by atoms with Gasteiger partial charge >= 0.3 is 0 Å². The average Bonchev–Trinajstić information content (AvgIpc) is 1.88. The van der Waals surface area contributed by atoms with E-state index in [4.69, 9.17) is 27.3 Å². The summed E-state index contributed by atoms with van der Waals surface area (Å²) in [6.45, 7) is 2.79. The molecule has 0 amide bonds. The van der Waals surface area contributed by atoms with Gasteiger partial charge in [-0.3, -0.25) is 0 Å². The van der Waals surface area contributed by atoms with Gasteiger partial charge in [0.05, 0.1) is 19.4 Å². The van der Waals surface area contributed by atoms with Gasteiger partial charge in [0.2, 0.25) is 6.49 Å².